The number of benzene rings is 3. The second-order valence-corrected chi connectivity index (χ2v) is 12.6. The van der Waals surface area contributed by atoms with Crippen molar-refractivity contribution in [3.05, 3.63) is 127 Å². The van der Waals surface area contributed by atoms with E-state index in [0.29, 0.717) is 32.2 Å². The summed E-state index contributed by atoms with van der Waals surface area (Å²) in [4.78, 5) is 32.0. The van der Waals surface area contributed by atoms with Gasteiger partial charge in [-0.3, -0.25) is 9.36 Å². The maximum absolute atomic E-state index is 13.8. The molecule has 0 spiro atoms. The first-order valence-corrected chi connectivity index (χ1v) is 15.7. The Kier molecular flexibility index (Phi) is 9.13. The lowest BCUT2D eigenvalue weighted by Crippen LogP contribution is -2.39. The second kappa shape index (κ2) is 12.6. The van der Waals surface area contributed by atoms with Gasteiger partial charge < -0.3 is 9.47 Å². The Morgan fingerprint density at radius 1 is 1.10 bits per heavy atom. The zero-order valence-corrected chi connectivity index (χ0v) is 27.4. The van der Waals surface area contributed by atoms with Crippen molar-refractivity contribution >= 4 is 80.2 Å². The number of halogens is 3. The average Bonchev–Trinajstić information content (AvgIpc) is 3.23. The number of carbonyl (C=O) groups is 1. The van der Waals surface area contributed by atoms with E-state index in [0.717, 1.165) is 29.6 Å². The molecule has 5 rings (SSSR count). The highest BCUT2D eigenvalue weighted by molar-refractivity contribution is 14.1. The number of hydrogen-bond donors (Lipinski definition) is 0. The molecule has 3 aromatic carbocycles. The minimum Gasteiger partial charge on any atom is -0.487 e. The second-order valence-electron chi connectivity index (χ2n) is 8.91. The van der Waals surface area contributed by atoms with Crippen LogP contribution < -0.4 is 19.6 Å². The smallest absolute Gasteiger partial charge is 0.338 e. The number of aromatic nitrogens is 1. The van der Waals surface area contributed by atoms with Crippen molar-refractivity contribution in [3.8, 4) is 5.75 Å². The highest BCUT2D eigenvalue weighted by atomic mass is 127. The van der Waals surface area contributed by atoms with Gasteiger partial charge in [0.2, 0.25) is 0 Å². The van der Waals surface area contributed by atoms with E-state index in [4.69, 9.17) is 21.1 Å². The van der Waals surface area contributed by atoms with Gasteiger partial charge >= 0.3 is 5.97 Å². The van der Waals surface area contributed by atoms with Crippen molar-refractivity contribution in [1.82, 2.24) is 4.57 Å². The van der Waals surface area contributed by atoms with Gasteiger partial charge in [-0.05, 0) is 94.4 Å². The molecule has 0 radical (unpaired) electrons. The molecule has 1 atom stereocenters. The Balaban J connectivity index is 1.55. The van der Waals surface area contributed by atoms with Crippen molar-refractivity contribution in [2.24, 2.45) is 4.99 Å². The van der Waals surface area contributed by atoms with Crippen LogP contribution in [0.2, 0.25) is 5.02 Å². The summed E-state index contributed by atoms with van der Waals surface area (Å²) in [6.07, 6.45) is 1.86. The number of esters is 1. The molecule has 0 unspecified atom stereocenters. The highest BCUT2D eigenvalue weighted by Crippen LogP contribution is 2.32. The minimum absolute atomic E-state index is 0.212. The van der Waals surface area contributed by atoms with Crippen molar-refractivity contribution in [1.29, 1.82) is 0 Å². The molecule has 0 bridgehead atoms. The van der Waals surface area contributed by atoms with Crippen LogP contribution in [0, 0.1) is 7.14 Å². The Morgan fingerprint density at radius 2 is 1.77 bits per heavy atom. The Hall–Kier alpha value is -2.48. The molecule has 10 heteroatoms. The van der Waals surface area contributed by atoms with Crippen LogP contribution in [-0.4, -0.2) is 17.1 Å². The molecule has 0 aliphatic carbocycles. The number of nitrogens with zero attached hydrogens (tertiary/aromatic N) is 2. The maximum Gasteiger partial charge on any atom is 0.338 e. The van der Waals surface area contributed by atoms with Crippen LogP contribution in [0.1, 0.15) is 36.6 Å². The summed E-state index contributed by atoms with van der Waals surface area (Å²) in [7, 11) is 0. The topological polar surface area (TPSA) is 69.9 Å². The maximum atomic E-state index is 13.8. The van der Waals surface area contributed by atoms with Crippen molar-refractivity contribution in [3.63, 3.8) is 0 Å². The Labute approximate surface area is 267 Å². The Bertz CT molecular complexity index is 1790. The third-order valence-electron chi connectivity index (χ3n) is 6.28. The third-order valence-corrected chi connectivity index (χ3v) is 9.23. The zero-order chi connectivity index (χ0) is 28.4. The van der Waals surface area contributed by atoms with Gasteiger partial charge in [0.15, 0.2) is 4.80 Å². The molecule has 2 heterocycles. The fraction of sp³-hybridized carbons (Fsp3) is 0.167. The standard InChI is InChI=1S/C30H23ClI2N2O4S/c1-3-38-29(37)25-17(2)34-30-35(26(25)19-9-5-4-6-10-19)28(36)24(40-30)15-18-13-22(32)27(23(33)14-18)39-16-20-11-7-8-12-21(20)31/h4-15,26H,3,16H2,1-2H3/b24-15+/t26-/m1/s1. The molecule has 0 saturated carbocycles. The number of rotatable bonds is 7. The summed E-state index contributed by atoms with van der Waals surface area (Å²) in [5.74, 6) is 0.293. The Morgan fingerprint density at radius 3 is 2.45 bits per heavy atom. The van der Waals surface area contributed by atoms with Gasteiger partial charge in [-0.25, -0.2) is 9.79 Å². The summed E-state index contributed by atoms with van der Waals surface area (Å²) in [6, 6.07) is 20.4. The van der Waals surface area contributed by atoms with Gasteiger partial charge in [-0.15, -0.1) is 0 Å². The lowest BCUT2D eigenvalue weighted by Gasteiger charge is -2.24. The predicted molar refractivity (Wildman–Crippen MR) is 175 cm³/mol. The molecule has 1 aromatic heterocycles. The first-order valence-electron chi connectivity index (χ1n) is 12.4. The van der Waals surface area contributed by atoms with E-state index >= 15 is 0 Å². The lowest BCUT2D eigenvalue weighted by atomic mass is 9.96. The molecule has 0 N–H and O–H groups in total. The van der Waals surface area contributed by atoms with Crippen LogP contribution in [0.5, 0.6) is 5.75 Å². The van der Waals surface area contributed by atoms with Gasteiger partial charge in [0, 0.05) is 10.6 Å². The van der Waals surface area contributed by atoms with Crippen LogP contribution >= 0.6 is 68.1 Å². The van der Waals surface area contributed by atoms with Crippen LogP contribution in [0.3, 0.4) is 0 Å². The number of carbonyl (C=O) groups excluding carboxylic acids is 1. The van der Waals surface area contributed by atoms with Crippen LogP contribution in [0.15, 0.2) is 87.8 Å². The number of allylic oxidation sites excluding steroid dienone is 1. The van der Waals surface area contributed by atoms with Crippen LogP contribution in [0.25, 0.3) is 6.08 Å². The van der Waals surface area contributed by atoms with E-state index in [1.54, 1.807) is 18.4 Å². The molecular formula is C30H23ClI2N2O4S. The quantitative estimate of drug-likeness (QED) is 0.164. The fourth-order valence-corrected chi connectivity index (χ4v) is 7.82. The molecule has 0 saturated heterocycles. The molecule has 6 nitrogen and oxygen atoms in total. The molecule has 40 heavy (non-hydrogen) atoms. The van der Waals surface area contributed by atoms with Crippen molar-refractivity contribution < 1.29 is 14.3 Å². The first-order chi connectivity index (χ1) is 19.3. The number of fused-ring (bicyclic) bond motifs is 1. The molecule has 204 valence electrons. The molecule has 1 aliphatic heterocycles. The monoisotopic (exact) mass is 796 g/mol. The third kappa shape index (κ3) is 5.93. The molecule has 4 aromatic rings. The summed E-state index contributed by atoms with van der Waals surface area (Å²) in [6.45, 7) is 4.13. The van der Waals surface area contributed by atoms with Gasteiger partial charge in [-0.1, -0.05) is 71.5 Å². The van der Waals surface area contributed by atoms with Gasteiger partial charge in [-0.2, -0.15) is 0 Å². The van der Waals surface area contributed by atoms with E-state index in [2.05, 4.69) is 50.2 Å². The normalized spacial score (nSPS) is 15.0. The van der Waals surface area contributed by atoms with Crippen molar-refractivity contribution in [2.45, 2.75) is 26.5 Å². The summed E-state index contributed by atoms with van der Waals surface area (Å²) < 4.78 is 15.4. The zero-order valence-electron chi connectivity index (χ0n) is 21.5. The molecule has 1 aliphatic rings. The minimum atomic E-state index is -0.625. The first kappa shape index (κ1) is 29.0. The molecular weight excluding hydrogens is 774 g/mol. The van der Waals surface area contributed by atoms with E-state index in [9.17, 15) is 9.59 Å². The summed E-state index contributed by atoms with van der Waals surface area (Å²) in [5.41, 5.74) is 3.29. The average molecular weight is 797 g/mol. The number of ether oxygens (including phenoxy) is 2. The number of thiazole rings is 1. The SMILES string of the molecule is CCOC(=O)C1=C(C)N=c2s/c(=C/c3cc(I)c(OCc4ccccc4Cl)c(I)c3)c(=O)n2[C@@H]1c1ccccc1. The lowest BCUT2D eigenvalue weighted by molar-refractivity contribution is -0.139. The highest BCUT2D eigenvalue weighted by Gasteiger charge is 2.33. The van der Waals surface area contributed by atoms with E-state index in [-0.39, 0.29) is 12.2 Å². The van der Waals surface area contributed by atoms with Crippen LogP contribution in [0.4, 0.5) is 0 Å². The van der Waals surface area contributed by atoms with Crippen LogP contribution in [-0.2, 0) is 16.1 Å². The predicted octanol–water partition coefficient (Wildman–Crippen LogP) is 6.24. The summed E-state index contributed by atoms with van der Waals surface area (Å²) in [5, 5.41) is 0.662. The molecule has 0 amide bonds. The fourth-order valence-electron chi connectivity index (χ4n) is 4.46. The van der Waals surface area contributed by atoms with Gasteiger partial charge in [0.05, 0.1) is 35.6 Å². The largest absolute Gasteiger partial charge is 0.487 e. The molecule has 0 fully saturated rings. The van der Waals surface area contributed by atoms with E-state index in [1.807, 2.05) is 72.8 Å². The van der Waals surface area contributed by atoms with Gasteiger partial charge in [0.25, 0.3) is 5.56 Å². The van der Waals surface area contributed by atoms with E-state index < -0.39 is 12.0 Å². The summed E-state index contributed by atoms with van der Waals surface area (Å²) >= 11 is 12.1. The van der Waals surface area contributed by atoms with E-state index in [1.165, 1.54) is 11.3 Å². The van der Waals surface area contributed by atoms with Crippen molar-refractivity contribution in [2.75, 3.05) is 6.61 Å². The van der Waals surface area contributed by atoms with Gasteiger partial charge in [0.1, 0.15) is 12.4 Å². The number of hydrogen-bond acceptors (Lipinski definition) is 6.